The topological polar surface area (TPSA) is 89.9 Å². The van der Waals surface area contributed by atoms with E-state index in [2.05, 4.69) is 5.32 Å². The van der Waals surface area contributed by atoms with E-state index in [9.17, 15) is 19.1 Å². The molecule has 3 rings (SSSR count). The molecule has 0 spiro atoms. The van der Waals surface area contributed by atoms with Crippen LogP contribution < -0.4 is 5.32 Å². The number of benzene rings is 1. The Kier molecular flexibility index (Phi) is 5.22. The van der Waals surface area contributed by atoms with E-state index in [1.54, 1.807) is 17.0 Å². The lowest BCUT2D eigenvalue weighted by molar-refractivity contribution is -0.142. The lowest BCUT2D eigenvalue weighted by Crippen LogP contribution is -2.46. The van der Waals surface area contributed by atoms with Crippen LogP contribution in [-0.2, 0) is 4.79 Å². The maximum atomic E-state index is 13.5. The van der Waals surface area contributed by atoms with E-state index >= 15 is 0 Å². The van der Waals surface area contributed by atoms with Crippen LogP contribution >= 0.6 is 0 Å². The maximum Gasteiger partial charge on any atom is 0.318 e. The van der Waals surface area contributed by atoms with Crippen molar-refractivity contribution in [3.8, 4) is 0 Å². The molecule has 1 aromatic carbocycles. The molecule has 0 radical (unpaired) electrons. The van der Waals surface area contributed by atoms with Crippen molar-refractivity contribution in [1.29, 1.82) is 0 Å². The highest BCUT2D eigenvalue weighted by Gasteiger charge is 2.36. The van der Waals surface area contributed by atoms with E-state index in [1.165, 1.54) is 12.1 Å². The van der Waals surface area contributed by atoms with Gasteiger partial charge in [0.25, 0.3) is 0 Å². The fraction of sp³-hybridized carbons (Fsp3) is 0.556. The minimum absolute atomic E-state index is 0.0611. The number of amides is 2. The first-order valence-electron chi connectivity index (χ1n) is 8.67. The highest BCUT2D eigenvalue weighted by atomic mass is 19.1. The molecule has 7 heteroatoms. The van der Waals surface area contributed by atoms with Crippen LogP contribution in [0.2, 0.25) is 0 Å². The number of nitrogens with one attached hydrogen (secondary N) is 1. The van der Waals surface area contributed by atoms with E-state index in [0.717, 1.165) is 0 Å². The number of aliphatic hydroxyl groups is 1. The quantitative estimate of drug-likeness (QED) is 0.780. The van der Waals surface area contributed by atoms with Gasteiger partial charge in [-0.15, -0.1) is 0 Å². The van der Waals surface area contributed by atoms with Gasteiger partial charge >= 0.3 is 12.0 Å². The number of carbonyl (C=O) groups is 2. The standard InChI is InChI=1S/C18H23FN2O4/c19-13-3-1-2-12(8-13)16-9-15(22)10-21(16)18(25)20-14-6-4-11(5-7-14)17(23)24/h1-3,8,11,14-16,22H,4-7,9-10H2,(H,20,25)(H,23,24). The van der Waals surface area contributed by atoms with Gasteiger partial charge in [-0.05, 0) is 49.8 Å². The van der Waals surface area contributed by atoms with Crippen molar-refractivity contribution in [3.63, 3.8) is 0 Å². The van der Waals surface area contributed by atoms with E-state index in [-0.39, 0.29) is 36.4 Å². The number of halogens is 1. The van der Waals surface area contributed by atoms with E-state index in [1.807, 2.05) is 0 Å². The summed E-state index contributed by atoms with van der Waals surface area (Å²) in [5.41, 5.74) is 0.668. The highest BCUT2D eigenvalue weighted by molar-refractivity contribution is 5.76. The number of urea groups is 1. The normalized spacial score (nSPS) is 29.4. The first kappa shape index (κ1) is 17.7. The number of likely N-dealkylation sites (tertiary alicyclic amines) is 1. The van der Waals surface area contributed by atoms with Crippen LogP contribution in [0.1, 0.15) is 43.7 Å². The van der Waals surface area contributed by atoms with Gasteiger partial charge in [-0.25, -0.2) is 9.18 Å². The Morgan fingerprint density at radius 2 is 1.92 bits per heavy atom. The summed E-state index contributed by atoms with van der Waals surface area (Å²) in [6.07, 6.45) is 2.10. The zero-order valence-corrected chi connectivity index (χ0v) is 13.9. The number of β-amino-alcohol motifs (C(OH)–C–C–N with tert-alkyl or cyclic N) is 1. The van der Waals surface area contributed by atoms with Gasteiger partial charge in [-0.2, -0.15) is 0 Å². The number of rotatable bonds is 3. The third kappa shape index (κ3) is 4.10. The summed E-state index contributed by atoms with van der Waals surface area (Å²) in [4.78, 5) is 25.2. The molecule has 1 saturated heterocycles. The van der Waals surface area contributed by atoms with Crippen LogP contribution in [0.15, 0.2) is 24.3 Å². The number of carboxylic acids is 1. The monoisotopic (exact) mass is 350 g/mol. The van der Waals surface area contributed by atoms with Crippen molar-refractivity contribution >= 4 is 12.0 Å². The Morgan fingerprint density at radius 1 is 1.20 bits per heavy atom. The van der Waals surface area contributed by atoms with Gasteiger partial charge < -0.3 is 20.4 Å². The maximum absolute atomic E-state index is 13.5. The summed E-state index contributed by atoms with van der Waals surface area (Å²) in [7, 11) is 0. The molecule has 1 aliphatic heterocycles. The zero-order valence-electron chi connectivity index (χ0n) is 13.9. The van der Waals surface area contributed by atoms with Crippen LogP contribution in [0.4, 0.5) is 9.18 Å². The molecule has 25 heavy (non-hydrogen) atoms. The van der Waals surface area contributed by atoms with Gasteiger partial charge in [0.15, 0.2) is 0 Å². The molecule has 1 aromatic rings. The lowest BCUT2D eigenvalue weighted by atomic mass is 9.86. The van der Waals surface area contributed by atoms with E-state index in [4.69, 9.17) is 5.11 Å². The van der Waals surface area contributed by atoms with Gasteiger partial charge in [0, 0.05) is 12.6 Å². The molecule has 2 fully saturated rings. The number of aliphatic carboxylic acids is 1. The molecule has 1 saturated carbocycles. The van der Waals surface area contributed by atoms with Crippen LogP contribution in [0, 0.1) is 11.7 Å². The largest absolute Gasteiger partial charge is 0.481 e. The highest BCUT2D eigenvalue weighted by Crippen LogP contribution is 2.33. The van der Waals surface area contributed by atoms with Crippen LogP contribution in [0.3, 0.4) is 0 Å². The van der Waals surface area contributed by atoms with Crippen molar-refractivity contribution in [2.45, 2.75) is 50.3 Å². The molecule has 1 aliphatic carbocycles. The van der Waals surface area contributed by atoms with Crippen molar-refractivity contribution in [3.05, 3.63) is 35.6 Å². The molecule has 3 N–H and O–H groups in total. The van der Waals surface area contributed by atoms with Gasteiger partial charge in [-0.3, -0.25) is 4.79 Å². The number of aliphatic hydroxyl groups excluding tert-OH is 1. The molecule has 0 aromatic heterocycles. The predicted octanol–water partition coefficient (Wildman–Crippen LogP) is 2.29. The van der Waals surface area contributed by atoms with Gasteiger partial charge in [0.05, 0.1) is 18.1 Å². The average molecular weight is 350 g/mol. The fourth-order valence-electron chi connectivity index (χ4n) is 3.81. The first-order chi connectivity index (χ1) is 11.9. The Bertz CT molecular complexity index is 646. The Hall–Kier alpha value is -2.15. The summed E-state index contributed by atoms with van der Waals surface area (Å²) in [5.74, 6) is -1.48. The Labute approximate surface area is 145 Å². The molecule has 136 valence electrons. The fourth-order valence-corrected chi connectivity index (χ4v) is 3.81. The van der Waals surface area contributed by atoms with Crippen molar-refractivity contribution in [2.24, 2.45) is 5.92 Å². The van der Waals surface area contributed by atoms with Gasteiger partial charge in [0.2, 0.25) is 0 Å². The van der Waals surface area contributed by atoms with E-state index < -0.39 is 12.1 Å². The lowest BCUT2D eigenvalue weighted by Gasteiger charge is -2.31. The Balaban J connectivity index is 1.63. The zero-order chi connectivity index (χ0) is 18.0. The Morgan fingerprint density at radius 3 is 2.56 bits per heavy atom. The van der Waals surface area contributed by atoms with Crippen LogP contribution in [-0.4, -0.2) is 45.8 Å². The van der Waals surface area contributed by atoms with Crippen molar-refractivity contribution in [2.75, 3.05) is 6.54 Å². The first-order valence-corrected chi connectivity index (χ1v) is 8.67. The predicted molar refractivity (Wildman–Crippen MR) is 88.4 cm³/mol. The molecular formula is C18H23FN2O4. The summed E-state index contributed by atoms with van der Waals surface area (Å²) in [6.45, 7) is 0.206. The molecule has 1 heterocycles. The second kappa shape index (κ2) is 7.39. The second-order valence-electron chi connectivity index (χ2n) is 6.95. The summed E-state index contributed by atoms with van der Waals surface area (Å²) < 4.78 is 13.5. The van der Waals surface area contributed by atoms with Crippen LogP contribution in [0.5, 0.6) is 0 Å². The molecule has 0 bridgehead atoms. The third-order valence-corrected chi connectivity index (χ3v) is 5.18. The van der Waals surface area contributed by atoms with E-state index in [0.29, 0.717) is 37.7 Å². The number of carbonyl (C=O) groups excluding carboxylic acids is 1. The summed E-state index contributed by atoms with van der Waals surface area (Å²) in [6, 6.07) is 5.38. The van der Waals surface area contributed by atoms with Gasteiger partial charge in [0.1, 0.15) is 5.82 Å². The SMILES string of the molecule is O=C(O)C1CCC(NC(=O)N2CC(O)CC2c2cccc(F)c2)CC1. The molecule has 2 atom stereocenters. The van der Waals surface area contributed by atoms with Gasteiger partial charge in [-0.1, -0.05) is 12.1 Å². The summed E-state index contributed by atoms with van der Waals surface area (Å²) in [5, 5.41) is 22.0. The number of nitrogens with zero attached hydrogens (tertiary/aromatic N) is 1. The van der Waals surface area contributed by atoms with Crippen molar-refractivity contribution < 1.29 is 24.2 Å². The molecule has 2 unspecified atom stereocenters. The second-order valence-corrected chi connectivity index (χ2v) is 6.95. The van der Waals surface area contributed by atoms with Crippen LogP contribution in [0.25, 0.3) is 0 Å². The molecule has 2 amide bonds. The number of hydrogen-bond acceptors (Lipinski definition) is 3. The number of carboxylic acid groups (broad SMARTS) is 1. The minimum atomic E-state index is -0.779. The third-order valence-electron chi connectivity index (χ3n) is 5.18. The van der Waals surface area contributed by atoms with Crippen molar-refractivity contribution in [1.82, 2.24) is 10.2 Å². The minimum Gasteiger partial charge on any atom is -0.481 e. The average Bonchev–Trinajstić information content (AvgIpc) is 2.97. The number of hydrogen-bond donors (Lipinski definition) is 3. The summed E-state index contributed by atoms with van der Waals surface area (Å²) >= 11 is 0. The molecular weight excluding hydrogens is 327 g/mol. The molecule has 2 aliphatic rings. The molecule has 6 nitrogen and oxygen atoms in total. The smallest absolute Gasteiger partial charge is 0.318 e.